The van der Waals surface area contributed by atoms with Crippen LogP contribution in [0.1, 0.15) is 43.0 Å². The van der Waals surface area contributed by atoms with E-state index in [9.17, 15) is 27.5 Å². The molecule has 0 unspecified atom stereocenters. The minimum atomic E-state index is -1.60. The first kappa shape index (κ1) is 28.5. The van der Waals surface area contributed by atoms with Crippen LogP contribution >= 0.6 is 0 Å². The quantitative estimate of drug-likeness (QED) is 0.227. The molecule has 0 amide bonds. The fraction of sp³-hybridized carbons (Fsp3) is 0.429. The Hall–Kier alpha value is -3.47. The molecule has 0 spiro atoms. The van der Waals surface area contributed by atoms with E-state index in [2.05, 4.69) is 4.98 Å². The van der Waals surface area contributed by atoms with Crippen molar-refractivity contribution in [1.29, 1.82) is 0 Å². The van der Waals surface area contributed by atoms with Crippen LogP contribution in [0.5, 0.6) is 11.5 Å². The Balaban J connectivity index is 1.38. The molecule has 1 aromatic heterocycles. The number of rotatable bonds is 11. The predicted octanol–water partition coefficient (Wildman–Crippen LogP) is 6.17. The van der Waals surface area contributed by atoms with E-state index in [1.807, 2.05) is 4.90 Å². The van der Waals surface area contributed by atoms with Gasteiger partial charge in [0.1, 0.15) is 31.0 Å². The molecule has 0 radical (unpaired) electrons. The lowest BCUT2D eigenvalue weighted by Gasteiger charge is -2.39. The van der Waals surface area contributed by atoms with Crippen molar-refractivity contribution in [3.63, 3.8) is 0 Å². The second-order valence-electron chi connectivity index (χ2n) is 9.70. The Morgan fingerprint density at radius 1 is 1.13 bits per heavy atom. The van der Waals surface area contributed by atoms with Crippen LogP contribution in [-0.4, -0.2) is 54.3 Å². The summed E-state index contributed by atoms with van der Waals surface area (Å²) in [6.07, 6.45) is 0.166. The van der Waals surface area contributed by atoms with Gasteiger partial charge in [0.05, 0.1) is 18.0 Å². The summed E-state index contributed by atoms with van der Waals surface area (Å²) in [4.78, 5) is 18.4. The number of carboxylic acids is 1. The van der Waals surface area contributed by atoms with Crippen LogP contribution in [0.4, 0.5) is 22.0 Å². The summed E-state index contributed by atoms with van der Waals surface area (Å²) in [6.45, 7) is 0.288. The zero-order chi connectivity index (χ0) is 28.2. The van der Waals surface area contributed by atoms with Gasteiger partial charge in [0, 0.05) is 41.4 Å². The van der Waals surface area contributed by atoms with E-state index in [1.54, 1.807) is 18.2 Å². The number of hydrogen-bond acceptors (Lipinski definition) is 5. The number of piperidine rings is 1. The van der Waals surface area contributed by atoms with Crippen molar-refractivity contribution in [1.82, 2.24) is 9.88 Å². The first-order valence-corrected chi connectivity index (χ1v) is 12.6. The number of aliphatic carboxylic acids is 1. The molecule has 1 atom stereocenters. The fourth-order valence-electron chi connectivity index (χ4n) is 5.07. The zero-order valence-electron chi connectivity index (χ0n) is 21.4. The van der Waals surface area contributed by atoms with Crippen LogP contribution < -0.4 is 9.47 Å². The molecule has 6 nitrogen and oxygen atoms in total. The average molecular weight is 553 g/mol. The smallest absolute Gasteiger partial charge is 0.309 e. The van der Waals surface area contributed by atoms with Gasteiger partial charge in [-0.05, 0) is 57.0 Å². The van der Waals surface area contributed by atoms with Gasteiger partial charge < -0.3 is 14.6 Å². The Morgan fingerprint density at radius 2 is 1.82 bits per heavy atom. The topological polar surface area (TPSA) is 71.9 Å². The number of benzene rings is 2. The van der Waals surface area contributed by atoms with Gasteiger partial charge in [-0.3, -0.25) is 14.7 Å². The second-order valence-corrected chi connectivity index (χ2v) is 9.70. The van der Waals surface area contributed by atoms with Crippen molar-refractivity contribution in [3.05, 3.63) is 65.1 Å². The molecule has 39 heavy (non-hydrogen) atoms. The number of alkyl halides is 2. The molecular weight excluding hydrogens is 523 g/mol. The summed E-state index contributed by atoms with van der Waals surface area (Å²) in [5.41, 5.74) is -0.393. The highest BCUT2D eigenvalue weighted by atomic mass is 19.2. The maximum absolute atomic E-state index is 15.7. The second kappa shape index (κ2) is 12.1. The minimum absolute atomic E-state index is 0.0570. The summed E-state index contributed by atoms with van der Waals surface area (Å²) in [6, 6.07) is 6.46. The molecule has 2 heterocycles. The molecule has 0 aliphatic carbocycles. The average Bonchev–Trinajstić information content (AvgIpc) is 2.94. The first-order chi connectivity index (χ1) is 18.7. The number of aromatic nitrogens is 1. The van der Waals surface area contributed by atoms with E-state index in [4.69, 9.17) is 9.47 Å². The molecule has 0 saturated carbocycles. The molecule has 0 bridgehead atoms. The summed E-state index contributed by atoms with van der Waals surface area (Å²) in [5.74, 6) is -4.96. The Labute approximate surface area is 222 Å². The molecule has 1 fully saturated rings. The summed E-state index contributed by atoms with van der Waals surface area (Å²) >= 11 is 0. The predicted molar refractivity (Wildman–Crippen MR) is 134 cm³/mol. The number of methoxy groups -OCH3 is 1. The first-order valence-electron chi connectivity index (χ1n) is 12.6. The van der Waals surface area contributed by atoms with Gasteiger partial charge >= 0.3 is 5.97 Å². The number of halogens is 5. The number of fused-ring (bicyclic) bond motifs is 1. The van der Waals surface area contributed by atoms with Gasteiger partial charge in [0.25, 0.3) is 0 Å². The van der Waals surface area contributed by atoms with Gasteiger partial charge in [-0.25, -0.2) is 22.0 Å². The lowest BCUT2D eigenvalue weighted by atomic mass is 9.74. The minimum Gasteiger partial charge on any atom is -0.497 e. The third-order valence-corrected chi connectivity index (χ3v) is 7.43. The number of pyridine rings is 1. The Kier molecular flexibility index (Phi) is 8.89. The van der Waals surface area contributed by atoms with Crippen molar-refractivity contribution in [2.75, 3.05) is 33.4 Å². The van der Waals surface area contributed by atoms with Gasteiger partial charge in [-0.1, -0.05) is 0 Å². The van der Waals surface area contributed by atoms with Gasteiger partial charge in [0.15, 0.2) is 17.5 Å². The van der Waals surface area contributed by atoms with Crippen LogP contribution in [0, 0.1) is 22.9 Å². The summed E-state index contributed by atoms with van der Waals surface area (Å²) < 4.78 is 79.8. The molecular formula is C28H29F5N2O4. The lowest BCUT2D eigenvalue weighted by Crippen LogP contribution is -2.45. The molecule has 1 aliphatic heterocycles. The maximum Gasteiger partial charge on any atom is 0.309 e. The molecule has 3 aromatic rings. The number of ether oxygens (including phenoxy) is 2. The molecule has 4 rings (SSSR count). The number of nitrogens with zero attached hydrogens (tertiary/aromatic N) is 2. The third kappa shape index (κ3) is 6.24. The van der Waals surface area contributed by atoms with Crippen LogP contribution in [0.15, 0.2) is 36.5 Å². The van der Waals surface area contributed by atoms with E-state index in [0.717, 1.165) is 12.1 Å². The van der Waals surface area contributed by atoms with Gasteiger partial charge in [-0.15, -0.1) is 0 Å². The fourth-order valence-corrected chi connectivity index (χ4v) is 5.07. The largest absolute Gasteiger partial charge is 0.497 e. The van der Waals surface area contributed by atoms with Crippen LogP contribution in [0.25, 0.3) is 10.9 Å². The third-order valence-electron chi connectivity index (χ3n) is 7.43. The number of carbonyl (C=O) groups is 1. The van der Waals surface area contributed by atoms with Gasteiger partial charge in [0.2, 0.25) is 0 Å². The highest BCUT2D eigenvalue weighted by Crippen LogP contribution is 2.41. The Morgan fingerprint density at radius 3 is 2.44 bits per heavy atom. The van der Waals surface area contributed by atoms with Crippen molar-refractivity contribution < 1.29 is 41.3 Å². The van der Waals surface area contributed by atoms with E-state index in [1.165, 1.54) is 13.3 Å². The molecule has 210 valence electrons. The zero-order valence-corrected chi connectivity index (χ0v) is 21.4. The summed E-state index contributed by atoms with van der Waals surface area (Å²) in [7, 11) is 1.47. The molecule has 1 N–H and O–H groups in total. The van der Waals surface area contributed by atoms with Crippen LogP contribution in [0.2, 0.25) is 0 Å². The standard InChI is InChI=1S/C28H29F5N2O4/c1-38-18-2-3-24-20(12-18)25(17(15-29)16-34-24)21(30)4-5-28(27(36)37)6-8-35(9-7-28)10-11-39-19-13-22(31)26(33)23(32)14-19/h2-3,12-14,16,21H,4-11,15H2,1H3,(H,36,37)/t21-/m0/s1. The highest BCUT2D eigenvalue weighted by molar-refractivity contribution is 5.85. The highest BCUT2D eigenvalue weighted by Gasteiger charge is 2.42. The molecule has 1 saturated heterocycles. The van der Waals surface area contributed by atoms with E-state index in [0.29, 0.717) is 36.3 Å². The lowest BCUT2D eigenvalue weighted by molar-refractivity contribution is -0.153. The van der Waals surface area contributed by atoms with E-state index in [-0.39, 0.29) is 49.2 Å². The SMILES string of the molecule is COc1ccc2ncc(CF)c([C@@H](F)CCC3(C(=O)O)CCN(CCOc4cc(F)c(F)c(F)c4)CC3)c2c1. The van der Waals surface area contributed by atoms with Crippen molar-refractivity contribution >= 4 is 16.9 Å². The number of carboxylic acid groups (broad SMARTS) is 1. The molecule has 1 aliphatic rings. The van der Waals surface area contributed by atoms with Crippen molar-refractivity contribution in [3.8, 4) is 11.5 Å². The van der Waals surface area contributed by atoms with Gasteiger partial charge in [-0.2, -0.15) is 0 Å². The van der Waals surface area contributed by atoms with E-state index >= 15 is 4.39 Å². The van der Waals surface area contributed by atoms with Crippen LogP contribution in [-0.2, 0) is 11.5 Å². The molecule has 11 heteroatoms. The number of likely N-dealkylation sites (tertiary alicyclic amines) is 1. The van der Waals surface area contributed by atoms with Crippen LogP contribution in [0.3, 0.4) is 0 Å². The van der Waals surface area contributed by atoms with E-state index < -0.39 is 41.7 Å². The monoisotopic (exact) mass is 552 g/mol. The number of hydrogen-bond donors (Lipinski definition) is 1. The molecule has 2 aromatic carbocycles. The maximum atomic E-state index is 15.7. The normalized spacial score (nSPS) is 16.3. The summed E-state index contributed by atoms with van der Waals surface area (Å²) in [5, 5.41) is 10.5. The van der Waals surface area contributed by atoms with Crippen molar-refractivity contribution in [2.24, 2.45) is 5.41 Å². The van der Waals surface area contributed by atoms with Crippen molar-refractivity contribution in [2.45, 2.75) is 38.5 Å². The Bertz CT molecular complexity index is 1300.